The number of hydrogen-bond acceptors (Lipinski definition) is 5. The number of nitrogens with two attached hydrogens (primary N) is 1. The number of rotatable bonds is 4. The van der Waals surface area contributed by atoms with Crippen LogP contribution in [-0.2, 0) is 11.3 Å². The average molecular weight is 275 g/mol. The van der Waals surface area contributed by atoms with Gasteiger partial charge in [0.15, 0.2) is 0 Å². The highest BCUT2D eigenvalue weighted by molar-refractivity contribution is 5.42. The minimum absolute atomic E-state index is 0.0186. The zero-order chi connectivity index (χ0) is 14.5. The highest BCUT2D eigenvalue weighted by atomic mass is 16.5. The Bertz CT molecular complexity index is 496. The average Bonchev–Trinajstić information content (AvgIpc) is 2.47. The molecule has 0 radical (unpaired) electrons. The molecule has 5 heteroatoms. The van der Waals surface area contributed by atoms with Gasteiger partial charge >= 0.3 is 0 Å². The number of nitriles is 1. The first-order chi connectivity index (χ1) is 9.63. The van der Waals surface area contributed by atoms with E-state index in [0.29, 0.717) is 12.2 Å². The summed E-state index contributed by atoms with van der Waals surface area (Å²) in [4.78, 5) is 2.29. The molecule has 1 aromatic carbocycles. The molecule has 0 aliphatic carbocycles. The topological polar surface area (TPSA) is 71.5 Å². The van der Waals surface area contributed by atoms with Crippen molar-refractivity contribution in [1.29, 1.82) is 5.26 Å². The van der Waals surface area contributed by atoms with Gasteiger partial charge < -0.3 is 15.2 Å². The van der Waals surface area contributed by atoms with Crippen LogP contribution in [0.1, 0.15) is 18.1 Å². The summed E-state index contributed by atoms with van der Waals surface area (Å²) in [7, 11) is 1.65. The molecule has 1 aromatic rings. The first-order valence-corrected chi connectivity index (χ1v) is 6.80. The van der Waals surface area contributed by atoms with Crippen LogP contribution >= 0.6 is 0 Å². The number of morpholine rings is 1. The van der Waals surface area contributed by atoms with Gasteiger partial charge in [0, 0.05) is 31.2 Å². The summed E-state index contributed by atoms with van der Waals surface area (Å²) in [5.41, 5.74) is 7.58. The van der Waals surface area contributed by atoms with Crippen molar-refractivity contribution < 1.29 is 9.47 Å². The molecule has 5 nitrogen and oxygen atoms in total. The molecule has 2 rings (SSSR count). The fourth-order valence-corrected chi connectivity index (χ4v) is 2.41. The molecule has 0 saturated carbocycles. The number of nitrogens with zero attached hydrogens (tertiary/aromatic N) is 2. The Balaban J connectivity index is 2.11. The SMILES string of the molecule is COc1ccc(C#N)cc1CN1CCOC(C(C)N)C1. The second-order valence-electron chi connectivity index (χ2n) is 5.14. The molecule has 0 spiro atoms. The molecule has 0 aromatic heterocycles. The summed E-state index contributed by atoms with van der Waals surface area (Å²) in [5, 5.41) is 9.01. The molecule has 1 heterocycles. The van der Waals surface area contributed by atoms with E-state index in [1.807, 2.05) is 19.1 Å². The Morgan fingerprint density at radius 2 is 2.40 bits per heavy atom. The van der Waals surface area contributed by atoms with Gasteiger partial charge in [-0.25, -0.2) is 0 Å². The van der Waals surface area contributed by atoms with Crippen molar-refractivity contribution in [2.45, 2.75) is 25.6 Å². The maximum atomic E-state index is 9.01. The van der Waals surface area contributed by atoms with Crippen LogP contribution in [0.4, 0.5) is 0 Å². The fraction of sp³-hybridized carbons (Fsp3) is 0.533. The number of benzene rings is 1. The van der Waals surface area contributed by atoms with Crippen molar-refractivity contribution in [1.82, 2.24) is 4.90 Å². The fourth-order valence-electron chi connectivity index (χ4n) is 2.41. The highest BCUT2D eigenvalue weighted by Gasteiger charge is 2.24. The summed E-state index contributed by atoms with van der Waals surface area (Å²) < 4.78 is 11.0. The molecular formula is C15H21N3O2. The third-order valence-electron chi connectivity index (χ3n) is 3.57. The van der Waals surface area contributed by atoms with Crippen molar-refractivity contribution in [3.8, 4) is 11.8 Å². The molecule has 1 aliphatic rings. The van der Waals surface area contributed by atoms with Crippen LogP contribution in [0.3, 0.4) is 0 Å². The minimum Gasteiger partial charge on any atom is -0.496 e. The highest BCUT2D eigenvalue weighted by Crippen LogP contribution is 2.22. The predicted molar refractivity (Wildman–Crippen MR) is 76.4 cm³/mol. The molecule has 2 N–H and O–H groups in total. The number of methoxy groups -OCH3 is 1. The second-order valence-corrected chi connectivity index (χ2v) is 5.14. The van der Waals surface area contributed by atoms with Gasteiger partial charge in [-0.2, -0.15) is 5.26 Å². The normalized spacial score (nSPS) is 21.2. The van der Waals surface area contributed by atoms with Crippen LogP contribution in [-0.4, -0.2) is 43.9 Å². The standard InChI is InChI=1S/C15H21N3O2/c1-11(17)15-10-18(5-6-20-15)9-13-7-12(8-16)3-4-14(13)19-2/h3-4,7,11,15H,5-6,9-10,17H2,1-2H3. The third-order valence-corrected chi connectivity index (χ3v) is 3.57. The van der Waals surface area contributed by atoms with E-state index in [2.05, 4.69) is 11.0 Å². The van der Waals surface area contributed by atoms with Gasteiger partial charge in [0.25, 0.3) is 0 Å². The van der Waals surface area contributed by atoms with E-state index in [-0.39, 0.29) is 12.1 Å². The summed E-state index contributed by atoms with van der Waals surface area (Å²) in [6, 6.07) is 7.68. The predicted octanol–water partition coefficient (Wildman–Crippen LogP) is 1.11. The minimum atomic E-state index is 0.0186. The summed E-state index contributed by atoms with van der Waals surface area (Å²) in [6.45, 7) is 5.06. The van der Waals surface area contributed by atoms with Gasteiger partial charge in [0.05, 0.1) is 31.5 Å². The zero-order valence-electron chi connectivity index (χ0n) is 12.0. The van der Waals surface area contributed by atoms with Crippen LogP contribution in [0.2, 0.25) is 0 Å². The monoisotopic (exact) mass is 275 g/mol. The summed E-state index contributed by atoms with van der Waals surface area (Å²) >= 11 is 0. The van der Waals surface area contributed by atoms with Crippen molar-refractivity contribution >= 4 is 0 Å². The van der Waals surface area contributed by atoms with Gasteiger partial charge in [0.1, 0.15) is 5.75 Å². The lowest BCUT2D eigenvalue weighted by molar-refractivity contribution is -0.0405. The Morgan fingerprint density at radius 1 is 1.60 bits per heavy atom. The van der Waals surface area contributed by atoms with Gasteiger partial charge in [-0.3, -0.25) is 4.90 Å². The Kier molecular flexibility index (Phi) is 4.96. The largest absolute Gasteiger partial charge is 0.496 e. The van der Waals surface area contributed by atoms with Gasteiger partial charge in [-0.1, -0.05) is 0 Å². The zero-order valence-corrected chi connectivity index (χ0v) is 12.0. The number of ether oxygens (including phenoxy) is 2. The van der Waals surface area contributed by atoms with Gasteiger partial charge in [-0.05, 0) is 25.1 Å². The summed E-state index contributed by atoms with van der Waals surface area (Å²) in [5.74, 6) is 0.813. The van der Waals surface area contributed by atoms with Gasteiger partial charge in [0.2, 0.25) is 0 Å². The van der Waals surface area contributed by atoms with Gasteiger partial charge in [-0.15, -0.1) is 0 Å². The van der Waals surface area contributed by atoms with E-state index in [1.165, 1.54) is 0 Å². The van der Waals surface area contributed by atoms with Crippen LogP contribution < -0.4 is 10.5 Å². The Labute approximate surface area is 119 Å². The molecule has 2 atom stereocenters. The molecule has 20 heavy (non-hydrogen) atoms. The van der Waals surface area contributed by atoms with E-state index in [0.717, 1.165) is 30.9 Å². The second kappa shape index (κ2) is 6.71. The quantitative estimate of drug-likeness (QED) is 0.891. The van der Waals surface area contributed by atoms with E-state index in [1.54, 1.807) is 13.2 Å². The van der Waals surface area contributed by atoms with E-state index in [4.69, 9.17) is 20.5 Å². The van der Waals surface area contributed by atoms with Crippen molar-refractivity contribution in [2.24, 2.45) is 5.73 Å². The first-order valence-electron chi connectivity index (χ1n) is 6.80. The van der Waals surface area contributed by atoms with Crippen molar-refractivity contribution in [3.63, 3.8) is 0 Å². The van der Waals surface area contributed by atoms with E-state index >= 15 is 0 Å². The smallest absolute Gasteiger partial charge is 0.123 e. The van der Waals surface area contributed by atoms with E-state index in [9.17, 15) is 0 Å². The Hall–Kier alpha value is -1.61. The summed E-state index contributed by atoms with van der Waals surface area (Å²) in [6.07, 6.45) is 0.0638. The van der Waals surface area contributed by atoms with E-state index < -0.39 is 0 Å². The lowest BCUT2D eigenvalue weighted by Crippen LogP contribution is -2.49. The molecule has 1 aliphatic heterocycles. The molecule has 108 valence electrons. The lowest BCUT2D eigenvalue weighted by Gasteiger charge is -2.34. The maximum Gasteiger partial charge on any atom is 0.123 e. The van der Waals surface area contributed by atoms with Crippen LogP contribution in [0.5, 0.6) is 5.75 Å². The van der Waals surface area contributed by atoms with Crippen LogP contribution in [0.15, 0.2) is 18.2 Å². The molecule has 0 amide bonds. The molecule has 1 fully saturated rings. The maximum absolute atomic E-state index is 9.01. The molecule has 1 saturated heterocycles. The van der Waals surface area contributed by atoms with Crippen molar-refractivity contribution in [2.75, 3.05) is 26.8 Å². The first kappa shape index (κ1) is 14.8. The number of hydrogen-bond donors (Lipinski definition) is 1. The molecule has 0 bridgehead atoms. The molecule has 2 unspecified atom stereocenters. The third kappa shape index (κ3) is 3.48. The van der Waals surface area contributed by atoms with Crippen molar-refractivity contribution in [3.05, 3.63) is 29.3 Å². The Morgan fingerprint density at radius 3 is 3.05 bits per heavy atom. The van der Waals surface area contributed by atoms with Crippen LogP contribution in [0.25, 0.3) is 0 Å². The lowest BCUT2D eigenvalue weighted by atomic mass is 10.1. The molecular weight excluding hydrogens is 254 g/mol. The van der Waals surface area contributed by atoms with Crippen LogP contribution in [0, 0.1) is 11.3 Å².